The van der Waals surface area contributed by atoms with Crippen LogP contribution >= 0.6 is 0 Å². The van der Waals surface area contributed by atoms with E-state index >= 15 is 0 Å². The number of carbonyl (C=O) groups is 2. The van der Waals surface area contributed by atoms with Crippen molar-refractivity contribution in [3.8, 4) is 11.5 Å². The Morgan fingerprint density at radius 1 is 0.629 bits per heavy atom. The highest BCUT2D eigenvalue weighted by Gasteiger charge is 2.24. The number of hydrogen-bond donors (Lipinski definition) is 2. The molecule has 0 saturated carbocycles. The number of carbonyl (C=O) groups excluding carboxylic acids is 2. The van der Waals surface area contributed by atoms with Gasteiger partial charge in [-0.2, -0.15) is 0 Å². The molecule has 0 radical (unpaired) electrons. The van der Waals surface area contributed by atoms with Gasteiger partial charge in [-0.3, -0.25) is 9.59 Å². The zero-order chi connectivity index (χ0) is 24.6. The Morgan fingerprint density at radius 2 is 1.06 bits per heavy atom. The van der Waals surface area contributed by atoms with E-state index in [1.807, 2.05) is 66.7 Å². The molecule has 0 aliphatic rings. The standard InChI is InChI=1S/C29H26N2O4/c1-34-25-19-24(26(35-2)18-23(25)30-28(32)22-16-10-5-11-17-22)31-29(33)27(20-12-6-3-7-13-20)21-14-8-4-9-15-21/h3-19,27H,1-2H3,(H,30,32)(H,31,33). The third-order valence-corrected chi connectivity index (χ3v) is 5.59. The number of amides is 2. The SMILES string of the molecule is COc1cc(NC(=O)C(c2ccccc2)c2ccccc2)c(OC)cc1NC(=O)c1ccccc1. The summed E-state index contributed by atoms with van der Waals surface area (Å²) >= 11 is 0. The molecule has 0 heterocycles. The highest BCUT2D eigenvalue weighted by Crippen LogP contribution is 2.38. The van der Waals surface area contributed by atoms with Gasteiger partial charge in [0.15, 0.2) is 0 Å². The van der Waals surface area contributed by atoms with Crippen molar-refractivity contribution in [1.29, 1.82) is 0 Å². The van der Waals surface area contributed by atoms with Crippen molar-refractivity contribution >= 4 is 23.2 Å². The molecule has 0 atom stereocenters. The summed E-state index contributed by atoms with van der Waals surface area (Å²) in [6.07, 6.45) is 0. The number of nitrogens with one attached hydrogen (secondary N) is 2. The van der Waals surface area contributed by atoms with Gasteiger partial charge in [-0.05, 0) is 23.3 Å². The number of hydrogen-bond acceptors (Lipinski definition) is 4. The third-order valence-electron chi connectivity index (χ3n) is 5.59. The molecule has 0 fully saturated rings. The highest BCUT2D eigenvalue weighted by atomic mass is 16.5. The molecule has 2 N–H and O–H groups in total. The summed E-state index contributed by atoms with van der Waals surface area (Å²) in [4.78, 5) is 26.2. The lowest BCUT2D eigenvalue weighted by Gasteiger charge is -2.20. The first-order chi connectivity index (χ1) is 17.1. The lowest BCUT2D eigenvalue weighted by atomic mass is 9.90. The summed E-state index contributed by atoms with van der Waals surface area (Å²) in [6.45, 7) is 0. The zero-order valence-corrected chi connectivity index (χ0v) is 19.5. The molecule has 0 aromatic heterocycles. The van der Waals surface area contributed by atoms with Crippen LogP contribution in [-0.2, 0) is 4.79 Å². The monoisotopic (exact) mass is 466 g/mol. The maximum Gasteiger partial charge on any atom is 0.255 e. The Bertz CT molecular complexity index is 1250. The van der Waals surface area contributed by atoms with Crippen LogP contribution < -0.4 is 20.1 Å². The molecule has 2 amide bonds. The van der Waals surface area contributed by atoms with Gasteiger partial charge in [0.05, 0.1) is 31.5 Å². The second-order valence-electron chi connectivity index (χ2n) is 7.82. The van der Waals surface area contributed by atoms with E-state index < -0.39 is 5.92 Å². The van der Waals surface area contributed by atoms with Gasteiger partial charge in [0, 0.05) is 17.7 Å². The van der Waals surface area contributed by atoms with Crippen LogP contribution in [0.2, 0.25) is 0 Å². The van der Waals surface area contributed by atoms with Crippen molar-refractivity contribution < 1.29 is 19.1 Å². The average molecular weight is 467 g/mol. The fraction of sp³-hybridized carbons (Fsp3) is 0.103. The fourth-order valence-corrected chi connectivity index (χ4v) is 3.87. The van der Waals surface area contributed by atoms with Crippen LogP contribution in [0, 0.1) is 0 Å². The first-order valence-electron chi connectivity index (χ1n) is 11.1. The summed E-state index contributed by atoms with van der Waals surface area (Å²) < 4.78 is 11.1. The Morgan fingerprint density at radius 3 is 1.51 bits per heavy atom. The molecule has 0 aliphatic carbocycles. The number of ether oxygens (including phenoxy) is 2. The largest absolute Gasteiger partial charge is 0.494 e. The first kappa shape index (κ1) is 23.6. The number of anilines is 2. The van der Waals surface area contributed by atoms with Crippen LogP contribution in [0.5, 0.6) is 11.5 Å². The van der Waals surface area contributed by atoms with Crippen LogP contribution in [0.15, 0.2) is 103 Å². The summed E-state index contributed by atoms with van der Waals surface area (Å²) in [5, 5.41) is 5.84. The molecule has 0 unspecified atom stereocenters. The van der Waals surface area contributed by atoms with Crippen LogP contribution in [0.1, 0.15) is 27.4 Å². The lowest BCUT2D eigenvalue weighted by Crippen LogP contribution is -2.22. The van der Waals surface area contributed by atoms with Gasteiger partial charge in [-0.25, -0.2) is 0 Å². The van der Waals surface area contributed by atoms with Gasteiger partial charge in [0.1, 0.15) is 11.5 Å². The molecule has 0 spiro atoms. The predicted molar refractivity (Wildman–Crippen MR) is 137 cm³/mol. The van der Waals surface area contributed by atoms with Crippen molar-refractivity contribution in [2.75, 3.05) is 24.9 Å². The second kappa shape index (κ2) is 11.0. The molecular weight excluding hydrogens is 440 g/mol. The molecule has 4 rings (SSSR count). The number of benzene rings is 4. The topological polar surface area (TPSA) is 76.7 Å². The van der Waals surface area contributed by atoms with Crippen molar-refractivity contribution in [2.45, 2.75) is 5.92 Å². The molecule has 6 nitrogen and oxygen atoms in total. The Labute approximate surface area is 204 Å². The van der Waals surface area contributed by atoms with E-state index in [0.29, 0.717) is 28.4 Å². The fourth-order valence-electron chi connectivity index (χ4n) is 3.87. The molecule has 0 saturated heterocycles. The smallest absolute Gasteiger partial charge is 0.255 e. The van der Waals surface area contributed by atoms with Gasteiger partial charge < -0.3 is 20.1 Å². The van der Waals surface area contributed by atoms with Crippen LogP contribution in [0.4, 0.5) is 11.4 Å². The normalized spacial score (nSPS) is 10.5. The van der Waals surface area contributed by atoms with E-state index in [1.165, 1.54) is 14.2 Å². The van der Waals surface area contributed by atoms with Crippen molar-refractivity contribution in [1.82, 2.24) is 0 Å². The second-order valence-corrected chi connectivity index (χ2v) is 7.82. The maximum absolute atomic E-state index is 13.6. The summed E-state index contributed by atoms with van der Waals surface area (Å²) in [6, 6.07) is 31.3. The van der Waals surface area contributed by atoms with Gasteiger partial charge >= 0.3 is 0 Å². The van der Waals surface area contributed by atoms with E-state index in [-0.39, 0.29) is 11.8 Å². The minimum Gasteiger partial charge on any atom is -0.494 e. The first-order valence-corrected chi connectivity index (χ1v) is 11.1. The number of rotatable bonds is 8. The van der Waals surface area contributed by atoms with Gasteiger partial charge in [0.25, 0.3) is 5.91 Å². The van der Waals surface area contributed by atoms with E-state index in [1.54, 1.807) is 36.4 Å². The van der Waals surface area contributed by atoms with Crippen molar-refractivity contribution in [3.05, 3.63) is 120 Å². The predicted octanol–water partition coefficient (Wildman–Crippen LogP) is 5.73. The van der Waals surface area contributed by atoms with E-state index in [4.69, 9.17) is 9.47 Å². The molecule has 6 heteroatoms. The molecular formula is C29H26N2O4. The molecule has 0 aliphatic heterocycles. The summed E-state index contributed by atoms with van der Waals surface area (Å²) in [5.74, 6) is -0.242. The van der Waals surface area contributed by atoms with Gasteiger partial charge in [-0.1, -0.05) is 78.9 Å². The Kier molecular flexibility index (Phi) is 7.43. The van der Waals surface area contributed by atoms with Gasteiger partial charge in [-0.15, -0.1) is 0 Å². The minimum absolute atomic E-state index is 0.219. The Balaban J connectivity index is 1.65. The zero-order valence-electron chi connectivity index (χ0n) is 19.5. The quantitative estimate of drug-likeness (QED) is 0.348. The summed E-state index contributed by atoms with van der Waals surface area (Å²) in [7, 11) is 3.01. The van der Waals surface area contributed by atoms with Crippen LogP contribution in [0.25, 0.3) is 0 Å². The highest BCUT2D eigenvalue weighted by molar-refractivity contribution is 6.06. The van der Waals surface area contributed by atoms with Crippen LogP contribution in [0.3, 0.4) is 0 Å². The van der Waals surface area contributed by atoms with E-state index in [9.17, 15) is 9.59 Å². The lowest BCUT2D eigenvalue weighted by molar-refractivity contribution is -0.116. The third kappa shape index (κ3) is 5.50. The molecule has 176 valence electrons. The van der Waals surface area contributed by atoms with Crippen molar-refractivity contribution in [3.63, 3.8) is 0 Å². The van der Waals surface area contributed by atoms with E-state index in [0.717, 1.165) is 11.1 Å². The van der Waals surface area contributed by atoms with E-state index in [2.05, 4.69) is 10.6 Å². The maximum atomic E-state index is 13.6. The van der Waals surface area contributed by atoms with Gasteiger partial charge in [0.2, 0.25) is 5.91 Å². The Hall–Kier alpha value is -4.58. The molecule has 35 heavy (non-hydrogen) atoms. The number of methoxy groups -OCH3 is 2. The average Bonchev–Trinajstić information content (AvgIpc) is 2.91. The molecule has 4 aromatic rings. The van der Waals surface area contributed by atoms with Crippen LogP contribution in [-0.4, -0.2) is 26.0 Å². The minimum atomic E-state index is -0.523. The molecule has 4 aromatic carbocycles. The van der Waals surface area contributed by atoms with Crippen molar-refractivity contribution in [2.24, 2.45) is 0 Å². The molecule has 0 bridgehead atoms. The summed E-state index contributed by atoms with van der Waals surface area (Å²) in [5.41, 5.74) is 3.12.